The van der Waals surface area contributed by atoms with E-state index in [-0.39, 0.29) is 24.4 Å². The zero-order valence-corrected chi connectivity index (χ0v) is 9.28. The van der Waals surface area contributed by atoms with Crippen molar-refractivity contribution in [1.82, 2.24) is 9.97 Å². The molecule has 0 saturated heterocycles. The minimum Gasteiger partial charge on any atom is -0.481 e. The first-order chi connectivity index (χ1) is 7.49. The molecule has 88 valence electrons. The number of rotatable bonds is 5. The molecule has 0 amide bonds. The lowest BCUT2D eigenvalue weighted by atomic mass is 10.2. The molecule has 0 aliphatic heterocycles. The van der Waals surface area contributed by atoms with Gasteiger partial charge in [-0.3, -0.25) is 9.59 Å². The molecule has 0 unspecified atom stereocenters. The summed E-state index contributed by atoms with van der Waals surface area (Å²) in [5, 5.41) is 11.3. The number of aromatic nitrogens is 2. The van der Waals surface area contributed by atoms with Gasteiger partial charge in [0.2, 0.25) is 0 Å². The predicted molar refractivity (Wildman–Crippen MR) is 59.7 cm³/mol. The van der Waals surface area contributed by atoms with Crippen LogP contribution in [-0.2, 0) is 4.79 Å². The Kier molecular flexibility index (Phi) is 4.04. The number of hydrogen-bond donors (Lipinski definition) is 3. The molecular weight excluding hydrogens is 210 g/mol. The second kappa shape index (κ2) is 5.29. The van der Waals surface area contributed by atoms with Crippen LogP contribution in [-0.4, -0.2) is 27.6 Å². The smallest absolute Gasteiger partial charge is 0.305 e. The SMILES string of the molecule is CC(C)c1nc(NCCC(=O)O)cc(=O)[nH]1. The van der Waals surface area contributed by atoms with Gasteiger partial charge in [0.15, 0.2) is 0 Å². The topological polar surface area (TPSA) is 95.1 Å². The average molecular weight is 225 g/mol. The van der Waals surface area contributed by atoms with Crippen molar-refractivity contribution in [1.29, 1.82) is 0 Å². The summed E-state index contributed by atoms with van der Waals surface area (Å²) < 4.78 is 0. The summed E-state index contributed by atoms with van der Waals surface area (Å²) in [7, 11) is 0. The Morgan fingerprint density at radius 3 is 2.88 bits per heavy atom. The number of carboxylic acid groups (broad SMARTS) is 1. The van der Waals surface area contributed by atoms with Crippen molar-refractivity contribution in [3.05, 3.63) is 22.2 Å². The maximum atomic E-state index is 11.3. The third-order valence-corrected chi connectivity index (χ3v) is 1.95. The largest absolute Gasteiger partial charge is 0.481 e. The van der Waals surface area contributed by atoms with Crippen molar-refractivity contribution in [2.75, 3.05) is 11.9 Å². The summed E-state index contributed by atoms with van der Waals surface area (Å²) >= 11 is 0. The van der Waals surface area contributed by atoms with Crippen LogP contribution >= 0.6 is 0 Å². The number of H-pyrrole nitrogens is 1. The van der Waals surface area contributed by atoms with E-state index >= 15 is 0 Å². The molecule has 0 atom stereocenters. The van der Waals surface area contributed by atoms with E-state index in [1.165, 1.54) is 6.07 Å². The van der Waals surface area contributed by atoms with Crippen molar-refractivity contribution in [3.8, 4) is 0 Å². The molecule has 1 aromatic heterocycles. The van der Waals surface area contributed by atoms with Gasteiger partial charge in [0, 0.05) is 18.5 Å². The first kappa shape index (κ1) is 12.2. The van der Waals surface area contributed by atoms with Crippen LogP contribution < -0.4 is 10.9 Å². The molecule has 0 saturated carbocycles. The summed E-state index contributed by atoms with van der Waals surface area (Å²) in [5.74, 6) is 0.231. The van der Waals surface area contributed by atoms with Gasteiger partial charge in [-0.1, -0.05) is 13.8 Å². The second-order valence-corrected chi connectivity index (χ2v) is 3.74. The molecule has 0 radical (unpaired) electrons. The highest BCUT2D eigenvalue weighted by atomic mass is 16.4. The average Bonchev–Trinajstić information content (AvgIpc) is 2.16. The van der Waals surface area contributed by atoms with Gasteiger partial charge in [-0.25, -0.2) is 4.98 Å². The number of aliphatic carboxylic acids is 1. The molecule has 1 heterocycles. The van der Waals surface area contributed by atoms with E-state index < -0.39 is 5.97 Å². The van der Waals surface area contributed by atoms with Gasteiger partial charge < -0.3 is 15.4 Å². The van der Waals surface area contributed by atoms with E-state index in [1.54, 1.807) is 0 Å². The molecule has 0 fully saturated rings. The predicted octanol–water partition coefficient (Wildman–Crippen LogP) is 0.780. The van der Waals surface area contributed by atoms with Gasteiger partial charge in [-0.15, -0.1) is 0 Å². The second-order valence-electron chi connectivity index (χ2n) is 3.74. The van der Waals surface area contributed by atoms with Crippen molar-refractivity contribution >= 4 is 11.8 Å². The third kappa shape index (κ3) is 3.72. The first-order valence-electron chi connectivity index (χ1n) is 5.06. The fraction of sp³-hybridized carbons (Fsp3) is 0.500. The highest BCUT2D eigenvalue weighted by molar-refractivity contribution is 5.67. The number of aromatic amines is 1. The first-order valence-corrected chi connectivity index (χ1v) is 5.06. The standard InChI is InChI=1S/C10H15N3O3/c1-6(2)10-12-7(5-8(14)13-10)11-4-3-9(15)16/h5-6H,3-4H2,1-2H3,(H,15,16)(H2,11,12,13,14). The third-order valence-electron chi connectivity index (χ3n) is 1.95. The van der Waals surface area contributed by atoms with E-state index in [0.29, 0.717) is 11.6 Å². The lowest BCUT2D eigenvalue weighted by molar-refractivity contribution is -0.136. The van der Waals surface area contributed by atoms with Crippen molar-refractivity contribution in [2.45, 2.75) is 26.2 Å². The van der Waals surface area contributed by atoms with Gasteiger partial charge in [0.25, 0.3) is 5.56 Å². The molecule has 0 aromatic carbocycles. The van der Waals surface area contributed by atoms with Crippen molar-refractivity contribution < 1.29 is 9.90 Å². The Morgan fingerprint density at radius 1 is 1.62 bits per heavy atom. The van der Waals surface area contributed by atoms with Gasteiger partial charge in [-0.2, -0.15) is 0 Å². The highest BCUT2D eigenvalue weighted by Gasteiger charge is 2.05. The van der Waals surface area contributed by atoms with E-state index in [4.69, 9.17) is 5.11 Å². The molecule has 3 N–H and O–H groups in total. The summed E-state index contributed by atoms with van der Waals surface area (Å²) in [4.78, 5) is 28.4. The van der Waals surface area contributed by atoms with Gasteiger partial charge in [0.1, 0.15) is 11.6 Å². The summed E-state index contributed by atoms with van der Waals surface area (Å²) in [5.41, 5.74) is -0.239. The Morgan fingerprint density at radius 2 is 2.31 bits per heavy atom. The van der Waals surface area contributed by atoms with Crippen LogP contribution in [0.2, 0.25) is 0 Å². The van der Waals surface area contributed by atoms with E-state index in [2.05, 4.69) is 15.3 Å². The number of carboxylic acids is 1. The lowest BCUT2D eigenvalue weighted by Gasteiger charge is -2.07. The number of hydrogen-bond acceptors (Lipinski definition) is 4. The number of nitrogens with one attached hydrogen (secondary N) is 2. The molecule has 1 rings (SSSR count). The van der Waals surface area contributed by atoms with Crippen LogP contribution in [0.5, 0.6) is 0 Å². The lowest BCUT2D eigenvalue weighted by Crippen LogP contribution is -2.16. The molecule has 6 nitrogen and oxygen atoms in total. The van der Waals surface area contributed by atoms with Crippen LogP contribution in [0.15, 0.2) is 10.9 Å². The summed E-state index contributed by atoms with van der Waals surface area (Å²) in [6.45, 7) is 4.09. The minimum atomic E-state index is -0.888. The van der Waals surface area contributed by atoms with Gasteiger partial charge >= 0.3 is 5.97 Å². The Hall–Kier alpha value is -1.85. The van der Waals surface area contributed by atoms with Crippen LogP contribution in [0, 0.1) is 0 Å². The monoisotopic (exact) mass is 225 g/mol. The van der Waals surface area contributed by atoms with Gasteiger partial charge in [0.05, 0.1) is 6.42 Å². The normalized spacial score (nSPS) is 10.4. The van der Waals surface area contributed by atoms with E-state index in [1.807, 2.05) is 13.8 Å². The fourth-order valence-electron chi connectivity index (χ4n) is 1.14. The molecule has 0 aliphatic rings. The highest BCUT2D eigenvalue weighted by Crippen LogP contribution is 2.08. The molecule has 0 spiro atoms. The number of nitrogens with zero attached hydrogens (tertiary/aromatic N) is 1. The molecular formula is C10H15N3O3. The van der Waals surface area contributed by atoms with Crippen LogP contribution in [0.25, 0.3) is 0 Å². The maximum absolute atomic E-state index is 11.3. The Balaban J connectivity index is 2.73. The summed E-state index contributed by atoms with van der Waals surface area (Å²) in [6.07, 6.45) is -0.00844. The van der Waals surface area contributed by atoms with Crippen molar-refractivity contribution in [3.63, 3.8) is 0 Å². The van der Waals surface area contributed by atoms with E-state index in [9.17, 15) is 9.59 Å². The zero-order chi connectivity index (χ0) is 12.1. The number of carbonyl (C=O) groups is 1. The zero-order valence-electron chi connectivity index (χ0n) is 9.28. The molecule has 1 aromatic rings. The quantitative estimate of drug-likeness (QED) is 0.688. The Labute approximate surface area is 92.7 Å². The minimum absolute atomic E-state index is 0.00844. The maximum Gasteiger partial charge on any atom is 0.305 e. The molecule has 0 bridgehead atoms. The van der Waals surface area contributed by atoms with Crippen LogP contribution in [0.4, 0.5) is 5.82 Å². The van der Waals surface area contributed by atoms with Crippen molar-refractivity contribution in [2.24, 2.45) is 0 Å². The molecule has 6 heteroatoms. The molecule has 0 aliphatic carbocycles. The number of anilines is 1. The van der Waals surface area contributed by atoms with Crippen LogP contribution in [0.3, 0.4) is 0 Å². The van der Waals surface area contributed by atoms with Crippen LogP contribution in [0.1, 0.15) is 32.0 Å². The summed E-state index contributed by atoms with van der Waals surface area (Å²) in [6, 6.07) is 1.31. The van der Waals surface area contributed by atoms with E-state index in [0.717, 1.165) is 0 Å². The van der Waals surface area contributed by atoms with Gasteiger partial charge in [-0.05, 0) is 0 Å². The fourth-order valence-corrected chi connectivity index (χ4v) is 1.14. The molecule has 16 heavy (non-hydrogen) atoms. The Bertz CT molecular complexity index is 426.